The molecule has 0 bridgehead atoms. The standard InChI is InChI=1S/C25H25F3N2O4S/c1-17-7-10-20(11-8-17)30(35(32,33)21-6-4-5-19(16-21)25(26,27)28)14-13-24(31)29-22-15-18(2)9-12-23(22)34-3/h4-12,15-16H,13-14H2,1-3H3,(H,29,31). The number of aryl methyl sites for hydroxylation is 2. The van der Waals surface area contributed by atoms with E-state index < -0.39 is 32.6 Å². The molecular weight excluding hydrogens is 481 g/mol. The van der Waals surface area contributed by atoms with E-state index in [1.165, 1.54) is 7.11 Å². The summed E-state index contributed by atoms with van der Waals surface area (Å²) >= 11 is 0. The summed E-state index contributed by atoms with van der Waals surface area (Å²) in [4.78, 5) is 12.2. The van der Waals surface area contributed by atoms with E-state index in [-0.39, 0.29) is 18.7 Å². The number of hydrogen-bond acceptors (Lipinski definition) is 4. The Labute approximate surface area is 202 Å². The van der Waals surface area contributed by atoms with Crippen LogP contribution in [0.5, 0.6) is 5.75 Å². The molecule has 3 rings (SSSR count). The van der Waals surface area contributed by atoms with Gasteiger partial charge in [-0.15, -0.1) is 0 Å². The number of methoxy groups -OCH3 is 1. The molecule has 6 nitrogen and oxygen atoms in total. The molecular formula is C25H25F3N2O4S. The van der Waals surface area contributed by atoms with Gasteiger partial charge in [-0.1, -0.05) is 29.8 Å². The Kier molecular flexibility index (Phi) is 7.74. The van der Waals surface area contributed by atoms with E-state index in [2.05, 4.69) is 5.32 Å². The fourth-order valence-electron chi connectivity index (χ4n) is 3.39. The van der Waals surface area contributed by atoms with Gasteiger partial charge in [0.25, 0.3) is 10.0 Å². The SMILES string of the molecule is COc1ccc(C)cc1NC(=O)CCN(c1ccc(C)cc1)S(=O)(=O)c1cccc(C(F)(F)F)c1. The second-order valence-electron chi connectivity index (χ2n) is 7.94. The van der Waals surface area contributed by atoms with Gasteiger partial charge in [0.1, 0.15) is 5.75 Å². The number of nitrogens with zero attached hydrogens (tertiary/aromatic N) is 1. The third-order valence-electron chi connectivity index (χ3n) is 5.24. The van der Waals surface area contributed by atoms with Crippen molar-refractivity contribution in [3.05, 3.63) is 83.4 Å². The summed E-state index contributed by atoms with van der Waals surface area (Å²) < 4.78 is 72.6. The van der Waals surface area contributed by atoms with Crippen LogP contribution in [0.25, 0.3) is 0 Å². The molecule has 0 radical (unpaired) electrons. The summed E-state index contributed by atoms with van der Waals surface area (Å²) in [5.74, 6) is -0.0406. The zero-order valence-corrected chi connectivity index (χ0v) is 20.2. The fourth-order valence-corrected chi connectivity index (χ4v) is 4.91. The lowest BCUT2D eigenvalue weighted by molar-refractivity contribution is -0.137. The van der Waals surface area contributed by atoms with Crippen LogP contribution in [-0.4, -0.2) is 28.0 Å². The average Bonchev–Trinajstić information content (AvgIpc) is 2.80. The number of anilines is 2. The minimum Gasteiger partial charge on any atom is -0.495 e. The molecule has 0 saturated heterocycles. The third-order valence-corrected chi connectivity index (χ3v) is 7.07. The fraction of sp³-hybridized carbons (Fsp3) is 0.240. The van der Waals surface area contributed by atoms with Crippen molar-refractivity contribution < 1.29 is 31.1 Å². The molecule has 1 amide bonds. The number of benzene rings is 3. The van der Waals surface area contributed by atoms with Crippen molar-refractivity contribution in [2.24, 2.45) is 0 Å². The van der Waals surface area contributed by atoms with Crippen LogP contribution in [0.4, 0.5) is 24.5 Å². The lowest BCUT2D eigenvalue weighted by Crippen LogP contribution is -2.34. The first kappa shape index (κ1) is 26.1. The van der Waals surface area contributed by atoms with E-state index in [0.717, 1.165) is 33.6 Å². The number of hydrogen-bond donors (Lipinski definition) is 1. The Morgan fingerprint density at radius 3 is 2.26 bits per heavy atom. The van der Waals surface area contributed by atoms with Crippen molar-refractivity contribution in [2.45, 2.75) is 31.3 Å². The van der Waals surface area contributed by atoms with E-state index in [1.54, 1.807) is 36.4 Å². The second-order valence-corrected chi connectivity index (χ2v) is 9.80. The molecule has 0 saturated carbocycles. The molecule has 10 heteroatoms. The third kappa shape index (κ3) is 6.33. The van der Waals surface area contributed by atoms with E-state index in [4.69, 9.17) is 4.74 Å². The van der Waals surface area contributed by atoms with Gasteiger partial charge in [0, 0.05) is 13.0 Å². The van der Waals surface area contributed by atoms with Crippen molar-refractivity contribution in [1.29, 1.82) is 0 Å². The van der Waals surface area contributed by atoms with Gasteiger partial charge in [-0.05, 0) is 61.9 Å². The Balaban J connectivity index is 1.91. The highest BCUT2D eigenvalue weighted by atomic mass is 32.2. The van der Waals surface area contributed by atoms with E-state index in [0.29, 0.717) is 17.5 Å². The van der Waals surface area contributed by atoms with Crippen molar-refractivity contribution in [3.8, 4) is 5.75 Å². The zero-order chi connectivity index (χ0) is 25.8. The Hall–Kier alpha value is -3.53. The minimum absolute atomic E-state index is 0.231. The predicted molar refractivity (Wildman–Crippen MR) is 128 cm³/mol. The second kappa shape index (κ2) is 10.4. The molecule has 0 atom stereocenters. The summed E-state index contributed by atoms with van der Waals surface area (Å²) in [5, 5.41) is 2.70. The Morgan fingerprint density at radius 1 is 0.971 bits per heavy atom. The summed E-state index contributed by atoms with van der Waals surface area (Å²) in [6.45, 7) is 3.37. The van der Waals surface area contributed by atoms with Crippen molar-refractivity contribution in [1.82, 2.24) is 0 Å². The average molecular weight is 507 g/mol. The maximum Gasteiger partial charge on any atom is 0.416 e. The molecule has 1 N–H and O–H groups in total. The van der Waals surface area contributed by atoms with Crippen LogP contribution < -0.4 is 14.4 Å². The highest BCUT2D eigenvalue weighted by Gasteiger charge is 2.33. The van der Waals surface area contributed by atoms with E-state index in [9.17, 15) is 26.4 Å². The molecule has 3 aromatic carbocycles. The first-order valence-corrected chi connectivity index (χ1v) is 12.1. The van der Waals surface area contributed by atoms with Crippen LogP contribution in [0, 0.1) is 13.8 Å². The van der Waals surface area contributed by atoms with Crippen LogP contribution in [0.15, 0.2) is 71.6 Å². The van der Waals surface area contributed by atoms with Gasteiger partial charge < -0.3 is 10.1 Å². The Morgan fingerprint density at radius 2 is 1.63 bits per heavy atom. The number of ether oxygens (including phenoxy) is 1. The normalized spacial score (nSPS) is 11.7. The van der Waals surface area contributed by atoms with Gasteiger partial charge in [0.15, 0.2) is 0 Å². The van der Waals surface area contributed by atoms with Gasteiger partial charge in [0.2, 0.25) is 5.91 Å². The first-order valence-electron chi connectivity index (χ1n) is 10.6. The van der Waals surface area contributed by atoms with Gasteiger partial charge in [0.05, 0.1) is 28.9 Å². The lowest BCUT2D eigenvalue weighted by atomic mass is 10.2. The minimum atomic E-state index is -4.70. The van der Waals surface area contributed by atoms with Crippen LogP contribution in [-0.2, 0) is 21.0 Å². The largest absolute Gasteiger partial charge is 0.495 e. The molecule has 0 aliphatic rings. The monoisotopic (exact) mass is 506 g/mol. The number of alkyl halides is 3. The van der Waals surface area contributed by atoms with Gasteiger partial charge in [-0.25, -0.2) is 8.42 Å². The zero-order valence-electron chi connectivity index (χ0n) is 19.4. The van der Waals surface area contributed by atoms with E-state index in [1.807, 2.05) is 19.9 Å². The molecule has 0 heterocycles. The number of amides is 1. The molecule has 35 heavy (non-hydrogen) atoms. The smallest absolute Gasteiger partial charge is 0.416 e. The lowest BCUT2D eigenvalue weighted by Gasteiger charge is -2.25. The summed E-state index contributed by atoms with van der Waals surface area (Å²) in [5.41, 5.74) is 1.34. The number of rotatable bonds is 8. The molecule has 0 aromatic heterocycles. The maximum atomic E-state index is 13.4. The molecule has 186 valence electrons. The van der Waals surface area contributed by atoms with E-state index >= 15 is 0 Å². The predicted octanol–water partition coefficient (Wildman–Crippen LogP) is 5.55. The summed E-state index contributed by atoms with van der Waals surface area (Å²) in [6, 6.07) is 15.2. The number of nitrogens with one attached hydrogen (secondary N) is 1. The molecule has 3 aromatic rings. The number of halogens is 3. The highest BCUT2D eigenvalue weighted by Crippen LogP contribution is 2.32. The summed E-state index contributed by atoms with van der Waals surface area (Å²) in [7, 11) is -2.95. The number of carbonyl (C=O) groups excluding carboxylic acids is 1. The highest BCUT2D eigenvalue weighted by molar-refractivity contribution is 7.92. The van der Waals surface area contributed by atoms with Crippen LogP contribution in [0.1, 0.15) is 23.1 Å². The number of carbonyl (C=O) groups is 1. The molecule has 0 unspecified atom stereocenters. The molecule has 0 fully saturated rings. The molecule has 0 aliphatic carbocycles. The van der Waals surface area contributed by atoms with Crippen molar-refractivity contribution in [3.63, 3.8) is 0 Å². The van der Waals surface area contributed by atoms with Gasteiger partial charge in [-0.2, -0.15) is 13.2 Å². The van der Waals surface area contributed by atoms with Crippen molar-refractivity contribution >= 4 is 27.3 Å². The number of sulfonamides is 1. The maximum absolute atomic E-state index is 13.4. The Bertz CT molecular complexity index is 1310. The topological polar surface area (TPSA) is 75.7 Å². The molecule has 0 aliphatic heterocycles. The first-order chi connectivity index (χ1) is 16.4. The van der Waals surface area contributed by atoms with Crippen LogP contribution in [0.3, 0.4) is 0 Å². The summed E-state index contributed by atoms with van der Waals surface area (Å²) in [6.07, 6.45) is -4.95. The quantitative estimate of drug-likeness (QED) is 0.434. The van der Waals surface area contributed by atoms with Gasteiger partial charge in [-0.3, -0.25) is 9.10 Å². The van der Waals surface area contributed by atoms with Crippen LogP contribution >= 0.6 is 0 Å². The molecule has 0 spiro atoms. The van der Waals surface area contributed by atoms with Crippen molar-refractivity contribution in [2.75, 3.05) is 23.3 Å². The van der Waals surface area contributed by atoms with Crippen LogP contribution in [0.2, 0.25) is 0 Å². The van der Waals surface area contributed by atoms with Gasteiger partial charge >= 0.3 is 6.18 Å².